The number of para-hydroxylation sites is 1. The second kappa shape index (κ2) is 7.81. The number of aromatic nitrogens is 1. The fraction of sp³-hybridized carbons (Fsp3) is 0.368. The molecule has 1 amide bonds. The van der Waals surface area contributed by atoms with E-state index in [9.17, 15) is 9.59 Å². The van der Waals surface area contributed by atoms with E-state index in [0.717, 1.165) is 30.3 Å². The van der Waals surface area contributed by atoms with E-state index < -0.39 is 0 Å². The standard InChI is InChI=1S/C19H22N2O3/c22-18(13-24-19(23)14-6-2-1-3-7-14)20-11-10-15-12-21-17-9-5-4-8-16(15)17/h1-2,4-5,8-9,12,14,21H,3,6-7,10-11,13H2,(H,20,22)/t14-/m1/s1. The molecule has 5 heteroatoms. The Morgan fingerprint density at radius 3 is 2.96 bits per heavy atom. The molecule has 0 fully saturated rings. The lowest BCUT2D eigenvalue weighted by Crippen LogP contribution is -2.31. The van der Waals surface area contributed by atoms with Crippen molar-refractivity contribution in [3.63, 3.8) is 0 Å². The van der Waals surface area contributed by atoms with Crippen molar-refractivity contribution < 1.29 is 14.3 Å². The van der Waals surface area contributed by atoms with Crippen LogP contribution in [0, 0.1) is 5.92 Å². The number of ether oxygens (including phenoxy) is 1. The summed E-state index contributed by atoms with van der Waals surface area (Å²) in [5.41, 5.74) is 2.26. The lowest BCUT2D eigenvalue weighted by molar-refractivity contribution is -0.152. The Labute approximate surface area is 141 Å². The van der Waals surface area contributed by atoms with Gasteiger partial charge in [-0.3, -0.25) is 9.59 Å². The maximum Gasteiger partial charge on any atom is 0.309 e. The van der Waals surface area contributed by atoms with Crippen molar-refractivity contribution in [1.29, 1.82) is 0 Å². The molecule has 0 radical (unpaired) electrons. The first-order chi connectivity index (χ1) is 11.7. The van der Waals surface area contributed by atoms with Gasteiger partial charge in [-0.25, -0.2) is 0 Å². The topological polar surface area (TPSA) is 71.2 Å². The fourth-order valence-corrected chi connectivity index (χ4v) is 2.99. The summed E-state index contributed by atoms with van der Waals surface area (Å²) in [6, 6.07) is 8.07. The van der Waals surface area contributed by atoms with Crippen molar-refractivity contribution in [3.05, 3.63) is 48.2 Å². The molecular weight excluding hydrogens is 304 g/mol. The molecule has 0 spiro atoms. The SMILES string of the molecule is O=C(COC(=O)[C@@H]1CC=CCC1)NCCc1c[nH]c2ccccc12. The molecule has 0 saturated heterocycles. The van der Waals surface area contributed by atoms with Gasteiger partial charge in [0.1, 0.15) is 0 Å². The van der Waals surface area contributed by atoms with Crippen molar-refractivity contribution in [2.45, 2.75) is 25.7 Å². The summed E-state index contributed by atoms with van der Waals surface area (Å²) < 4.78 is 5.11. The molecule has 0 unspecified atom stereocenters. The maximum absolute atomic E-state index is 11.9. The number of H-pyrrole nitrogens is 1. The first-order valence-electron chi connectivity index (χ1n) is 8.37. The van der Waals surface area contributed by atoms with Crippen LogP contribution in [0.15, 0.2) is 42.6 Å². The average molecular weight is 326 g/mol. The van der Waals surface area contributed by atoms with Gasteiger partial charge < -0.3 is 15.0 Å². The van der Waals surface area contributed by atoms with E-state index >= 15 is 0 Å². The molecule has 0 bridgehead atoms. The number of carbonyl (C=O) groups excluding carboxylic acids is 2. The van der Waals surface area contributed by atoms with Gasteiger partial charge >= 0.3 is 5.97 Å². The minimum Gasteiger partial charge on any atom is -0.455 e. The quantitative estimate of drug-likeness (QED) is 0.633. The number of esters is 1. The predicted molar refractivity (Wildman–Crippen MR) is 92.5 cm³/mol. The molecule has 2 N–H and O–H groups in total. The van der Waals surface area contributed by atoms with Crippen LogP contribution < -0.4 is 5.32 Å². The fourth-order valence-electron chi connectivity index (χ4n) is 2.99. The number of aromatic amines is 1. The lowest BCUT2D eigenvalue weighted by Gasteiger charge is -2.16. The number of allylic oxidation sites excluding steroid dienone is 2. The van der Waals surface area contributed by atoms with Crippen LogP contribution in [0.2, 0.25) is 0 Å². The van der Waals surface area contributed by atoms with Crippen molar-refractivity contribution in [2.75, 3.05) is 13.2 Å². The zero-order valence-electron chi connectivity index (χ0n) is 13.6. The summed E-state index contributed by atoms with van der Waals surface area (Å²) in [5.74, 6) is -0.630. The molecule has 3 rings (SSSR count). The summed E-state index contributed by atoms with van der Waals surface area (Å²) >= 11 is 0. The van der Waals surface area contributed by atoms with E-state index in [-0.39, 0.29) is 24.4 Å². The molecule has 1 heterocycles. The van der Waals surface area contributed by atoms with Crippen molar-refractivity contribution in [1.82, 2.24) is 10.3 Å². The van der Waals surface area contributed by atoms with Crippen LogP contribution in [0.1, 0.15) is 24.8 Å². The zero-order chi connectivity index (χ0) is 16.8. The van der Waals surface area contributed by atoms with Gasteiger partial charge in [0.2, 0.25) is 0 Å². The van der Waals surface area contributed by atoms with Gasteiger partial charge in [0, 0.05) is 23.6 Å². The van der Waals surface area contributed by atoms with E-state index in [1.165, 1.54) is 5.39 Å². The predicted octanol–water partition coefficient (Wildman–Crippen LogP) is 2.73. The Kier molecular flexibility index (Phi) is 5.31. The molecule has 2 aromatic rings. The maximum atomic E-state index is 11.9. The Bertz CT molecular complexity index is 748. The Hall–Kier alpha value is -2.56. The molecule has 1 aromatic heterocycles. The summed E-state index contributed by atoms with van der Waals surface area (Å²) in [7, 11) is 0. The van der Waals surface area contributed by atoms with Gasteiger partial charge in [0.15, 0.2) is 6.61 Å². The number of amides is 1. The monoisotopic (exact) mass is 326 g/mol. The largest absolute Gasteiger partial charge is 0.455 e. The van der Waals surface area contributed by atoms with Crippen LogP contribution >= 0.6 is 0 Å². The van der Waals surface area contributed by atoms with Crippen LogP contribution in [-0.2, 0) is 20.7 Å². The third-order valence-electron chi connectivity index (χ3n) is 4.34. The zero-order valence-corrected chi connectivity index (χ0v) is 13.6. The molecule has 0 aliphatic heterocycles. The molecule has 1 aliphatic carbocycles. The third-order valence-corrected chi connectivity index (χ3v) is 4.34. The summed E-state index contributed by atoms with van der Waals surface area (Å²) in [6.07, 6.45) is 9.18. The van der Waals surface area contributed by atoms with Crippen molar-refractivity contribution in [2.24, 2.45) is 5.92 Å². The molecule has 1 atom stereocenters. The van der Waals surface area contributed by atoms with Gasteiger partial charge in [0.25, 0.3) is 5.91 Å². The number of hydrogen-bond donors (Lipinski definition) is 2. The third kappa shape index (κ3) is 4.04. The minimum atomic E-state index is -0.272. The highest BCUT2D eigenvalue weighted by Crippen LogP contribution is 2.19. The summed E-state index contributed by atoms with van der Waals surface area (Å²) in [6.45, 7) is 0.317. The highest BCUT2D eigenvalue weighted by atomic mass is 16.5. The second-order valence-corrected chi connectivity index (χ2v) is 6.05. The van der Waals surface area contributed by atoms with Crippen LogP contribution in [0.3, 0.4) is 0 Å². The van der Waals surface area contributed by atoms with Crippen LogP contribution in [0.4, 0.5) is 0 Å². The molecule has 5 nitrogen and oxygen atoms in total. The highest BCUT2D eigenvalue weighted by molar-refractivity contribution is 5.83. The first-order valence-corrected chi connectivity index (χ1v) is 8.37. The molecular formula is C19H22N2O3. The molecule has 1 aliphatic rings. The van der Waals surface area contributed by atoms with Gasteiger partial charge in [-0.05, 0) is 37.3 Å². The minimum absolute atomic E-state index is 0.103. The number of fused-ring (bicyclic) bond motifs is 1. The average Bonchev–Trinajstić information content (AvgIpc) is 3.04. The highest BCUT2D eigenvalue weighted by Gasteiger charge is 2.20. The number of carbonyl (C=O) groups is 2. The van der Waals surface area contributed by atoms with Crippen LogP contribution in [0.25, 0.3) is 10.9 Å². The number of rotatable bonds is 6. The number of hydrogen-bond acceptors (Lipinski definition) is 3. The Balaban J connectivity index is 1.39. The number of nitrogens with one attached hydrogen (secondary N) is 2. The van der Waals surface area contributed by atoms with Crippen molar-refractivity contribution >= 4 is 22.8 Å². The molecule has 24 heavy (non-hydrogen) atoms. The van der Waals surface area contributed by atoms with Crippen LogP contribution in [-0.4, -0.2) is 30.0 Å². The number of benzene rings is 1. The normalized spacial score (nSPS) is 16.9. The van der Waals surface area contributed by atoms with E-state index in [0.29, 0.717) is 13.0 Å². The first kappa shape index (κ1) is 16.3. The Morgan fingerprint density at radius 2 is 2.12 bits per heavy atom. The molecule has 1 aromatic carbocycles. The molecule has 126 valence electrons. The van der Waals surface area contributed by atoms with Gasteiger partial charge in [-0.15, -0.1) is 0 Å². The smallest absolute Gasteiger partial charge is 0.309 e. The van der Waals surface area contributed by atoms with E-state index in [4.69, 9.17) is 4.74 Å². The van der Waals surface area contributed by atoms with E-state index in [1.54, 1.807) is 0 Å². The van der Waals surface area contributed by atoms with Crippen molar-refractivity contribution in [3.8, 4) is 0 Å². The van der Waals surface area contributed by atoms with Gasteiger partial charge in [-0.2, -0.15) is 0 Å². The van der Waals surface area contributed by atoms with Gasteiger partial charge in [-0.1, -0.05) is 30.4 Å². The summed E-state index contributed by atoms with van der Waals surface area (Å²) in [5, 5.41) is 3.97. The van der Waals surface area contributed by atoms with Gasteiger partial charge in [0.05, 0.1) is 5.92 Å². The lowest BCUT2D eigenvalue weighted by atomic mass is 9.95. The van der Waals surface area contributed by atoms with E-state index in [2.05, 4.69) is 22.4 Å². The second-order valence-electron chi connectivity index (χ2n) is 6.05. The summed E-state index contributed by atoms with van der Waals surface area (Å²) in [4.78, 5) is 26.9. The van der Waals surface area contributed by atoms with Crippen LogP contribution in [0.5, 0.6) is 0 Å². The molecule has 0 saturated carbocycles. The Morgan fingerprint density at radius 1 is 1.25 bits per heavy atom. The van der Waals surface area contributed by atoms with E-state index in [1.807, 2.05) is 30.5 Å².